The number of hydrogen-bond acceptors (Lipinski definition) is 3. The fourth-order valence-electron chi connectivity index (χ4n) is 2.57. The summed E-state index contributed by atoms with van der Waals surface area (Å²) >= 11 is 13.4. The van der Waals surface area contributed by atoms with Gasteiger partial charge in [-0.2, -0.15) is 0 Å². The first-order valence-corrected chi connectivity index (χ1v) is 10.4. The Morgan fingerprint density at radius 2 is 1.78 bits per heavy atom. The minimum absolute atomic E-state index is 0.0692. The molecule has 1 atom stereocenters. The summed E-state index contributed by atoms with van der Waals surface area (Å²) in [7, 11) is 0. The summed E-state index contributed by atoms with van der Waals surface area (Å²) in [5.74, 6) is 0.105. The highest BCUT2D eigenvalue weighted by Gasteiger charge is 2.29. The van der Waals surface area contributed by atoms with Crippen LogP contribution in [0.15, 0.2) is 47.4 Å². The standard InChI is InChI=1S/C20H20Cl2N2O2S/c1-2-18(20(26)24-16-9-13(21)8-14(22)10-16)27-17-5-3-4-15(11-17)23-19(25)12-6-7-12/h3-5,8-12,18H,2,6-7H2,1H3,(H,23,25)(H,24,26). The number of rotatable bonds is 7. The van der Waals surface area contributed by atoms with Crippen molar-refractivity contribution in [1.29, 1.82) is 0 Å². The largest absolute Gasteiger partial charge is 0.326 e. The van der Waals surface area contributed by atoms with Gasteiger partial charge in [0.05, 0.1) is 5.25 Å². The van der Waals surface area contributed by atoms with Gasteiger partial charge in [0.1, 0.15) is 0 Å². The molecule has 1 saturated carbocycles. The van der Waals surface area contributed by atoms with Crippen molar-refractivity contribution in [2.45, 2.75) is 36.3 Å². The molecule has 2 N–H and O–H groups in total. The number of hydrogen-bond donors (Lipinski definition) is 2. The van der Waals surface area contributed by atoms with Gasteiger partial charge in [-0.1, -0.05) is 36.2 Å². The molecule has 1 fully saturated rings. The van der Waals surface area contributed by atoms with Crippen molar-refractivity contribution in [3.05, 3.63) is 52.5 Å². The molecule has 0 saturated heterocycles. The summed E-state index contributed by atoms with van der Waals surface area (Å²) in [4.78, 5) is 25.5. The smallest absolute Gasteiger partial charge is 0.237 e. The predicted octanol–water partition coefficient (Wildman–Crippen LogP) is 5.85. The molecule has 3 rings (SSSR count). The van der Waals surface area contributed by atoms with E-state index < -0.39 is 0 Å². The van der Waals surface area contributed by atoms with Crippen LogP contribution in [0.3, 0.4) is 0 Å². The molecule has 142 valence electrons. The molecule has 2 aromatic rings. The van der Waals surface area contributed by atoms with Crippen LogP contribution in [-0.2, 0) is 9.59 Å². The Morgan fingerprint density at radius 3 is 2.41 bits per heavy atom. The Hall–Kier alpha value is -1.69. The molecule has 0 radical (unpaired) electrons. The van der Waals surface area contributed by atoms with Crippen LogP contribution in [0.5, 0.6) is 0 Å². The van der Waals surface area contributed by atoms with E-state index in [1.807, 2.05) is 31.2 Å². The summed E-state index contributed by atoms with van der Waals surface area (Å²) in [5.41, 5.74) is 1.33. The fraction of sp³-hybridized carbons (Fsp3) is 0.300. The van der Waals surface area contributed by atoms with Crippen LogP contribution in [0, 0.1) is 5.92 Å². The van der Waals surface area contributed by atoms with Crippen molar-refractivity contribution in [2.24, 2.45) is 5.92 Å². The van der Waals surface area contributed by atoms with Crippen LogP contribution >= 0.6 is 35.0 Å². The third kappa shape index (κ3) is 5.89. The molecule has 1 aliphatic carbocycles. The van der Waals surface area contributed by atoms with E-state index >= 15 is 0 Å². The Balaban J connectivity index is 1.65. The maximum Gasteiger partial charge on any atom is 0.237 e. The molecule has 0 aromatic heterocycles. The summed E-state index contributed by atoms with van der Waals surface area (Å²) in [5, 5.41) is 6.46. The van der Waals surface area contributed by atoms with Crippen LogP contribution < -0.4 is 10.6 Å². The second-order valence-corrected chi connectivity index (χ2v) is 8.60. The first kappa shape index (κ1) is 20.1. The zero-order chi connectivity index (χ0) is 19.4. The van der Waals surface area contributed by atoms with Crippen molar-refractivity contribution >= 4 is 58.2 Å². The van der Waals surface area contributed by atoms with Crippen LogP contribution in [0.1, 0.15) is 26.2 Å². The lowest BCUT2D eigenvalue weighted by molar-refractivity contribution is -0.117. The van der Waals surface area contributed by atoms with Crippen LogP contribution in [0.4, 0.5) is 11.4 Å². The molecule has 7 heteroatoms. The zero-order valence-electron chi connectivity index (χ0n) is 14.8. The quantitative estimate of drug-likeness (QED) is 0.549. The van der Waals surface area contributed by atoms with Gasteiger partial charge in [-0.05, 0) is 55.7 Å². The number of halogens is 2. The highest BCUT2D eigenvalue weighted by Crippen LogP contribution is 2.32. The molecular formula is C20H20Cl2N2O2S. The van der Waals surface area contributed by atoms with E-state index in [0.29, 0.717) is 22.2 Å². The topological polar surface area (TPSA) is 58.2 Å². The number of anilines is 2. The molecule has 27 heavy (non-hydrogen) atoms. The van der Waals surface area contributed by atoms with Gasteiger partial charge in [-0.3, -0.25) is 9.59 Å². The van der Waals surface area contributed by atoms with Crippen molar-refractivity contribution in [2.75, 3.05) is 10.6 Å². The van der Waals surface area contributed by atoms with Crippen molar-refractivity contribution < 1.29 is 9.59 Å². The van der Waals surface area contributed by atoms with E-state index in [-0.39, 0.29) is 23.0 Å². The molecule has 2 aromatic carbocycles. The van der Waals surface area contributed by atoms with E-state index in [0.717, 1.165) is 23.4 Å². The number of carbonyl (C=O) groups excluding carboxylic acids is 2. The highest BCUT2D eigenvalue weighted by atomic mass is 35.5. The summed E-state index contributed by atoms with van der Waals surface area (Å²) in [6, 6.07) is 12.5. The summed E-state index contributed by atoms with van der Waals surface area (Å²) in [6.07, 6.45) is 2.58. The maximum absolute atomic E-state index is 12.6. The number of thioether (sulfide) groups is 1. The van der Waals surface area contributed by atoms with Gasteiger partial charge in [0.2, 0.25) is 11.8 Å². The molecule has 0 spiro atoms. The van der Waals surface area contributed by atoms with Gasteiger partial charge < -0.3 is 10.6 Å². The SMILES string of the molecule is CCC(Sc1cccc(NC(=O)C2CC2)c1)C(=O)Nc1cc(Cl)cc(Cl)c1. The lowest BCUT2D eigenvalue weighted by atomic mass is 10.2. The molecule has 0 aliphatic heterocycles. The monoisotopic (exact) mass is 422 g/mol. The van der Waals surface area contributed by atoms with E-state index in [9.17, 15) is 9.59 Å². The Bertz CT molecular complexity index is 835. The lowest BCUT2D eigenvalue weighted by Gasteiger charge is -2.16. The Labute approximate surface area is 173 Å². The number of nitrogens with one attached hydrogen (secondary N) is 2. The average Bonchev–Trinajstić information content (AvgIpc) is 3.44. The second kappa shape index (κ2) is 9.00. The number of amides is 2. The third-order valence-corrected chi connectivity index (χ3v) is 5.92. The molecule has 0 bridgehead atoms. The first-order valence-electron chi connectivity index (χ1n) is 8.79. The molecule has 1 unspecified atom stereocenters. The van der Waals surface area contributed by atoms with Crippen LogP contribution in [0.25, 0.3) is 0 Å². The second-order valence-electron chi connectivity index (χ2n) is 6.45. The van der Waals surface area contributed by atoms with Crippen molar-refractivity contribution in [3.63, 3.8) is 0 Å². The summed E-state index contributed by atoms with van der Waals surface area (Å²) < 4.78 is 0. The van der Waals surface area contributed by atoms with Gasteiger partial charge in [-0.15, -0.1) is 11.8 Å². The van der Waals surface area contributed by atoms with Gasteiger partial charge in [0.25, 0.3) is 0 Å². The normalized spacial score (nSPS) is 14.5. The van der Waals surface area contributed by atoms with Crippen LogP contribution in [-0.4, -0.2) is 17.1 Å². The van der Waals surface area contributed by atoms with Gasteiger partial charge in [-0.25, -0.2) is 0 Å². The van der Waals surface area contributed by atoms with Gasteiger partial charge in [0, 0.05) is 32.2 Å². The first-order chi connectivity index (χ1) is 12.9. The molecule has 2 amide bonds. The third-order valence-electron chi connectivity index (χ3n) is 4.12. The predicted molar refractivity (Wildman–Crippen MR) is 113 cm³/mol. The van der Waals surface area contributed by atoms with Crippen molar-refractivity contribution in [1.82, 2.24) is 0 Å². The number of carbonyl (C=O) groups is 2. The summed E-state index contributed by atoms with van der Waals surface area (Å²) in [6.45, 7) is 1.96. The minimum atomic E-state index is -0.280. The highest BCUT2D eigenvalue weighted by molar-refractivity contribution is 8.00. The Kier molecular flexibility index (Phi) is 6.68. The van der Waals surface area contributed by atoms with E-state index in [4.69, 9.17) is 23.2 Å². The van der Waals surface area contributed by atoms with Gasteiger partial charge in [0.15, 0.2) is 0 Å². The average molecular weight is 423 g/mol. The molecule has 1 aliphatic rings. The fourth-order valence-corrected chi connectivity index (χ4v) is 4.11. The van der Waals surface area contributed by atoms with Crippen LogP contribution in [0.2, 0.25) is 10.0 Å². The molecular weight excluding hydrogens is 403 g/mol. The van der Waals surface area contributed by atoms with Gasteiger partial charge >= 0.3 is 0 Å². The van der Waals surface area contributed by atoms with Crippen molar-refractivity contribution in [3.8, 4) is 0 Å². The molecule has 0 heterocycles. The maximum atomic E-state index is 12.6. The van der Waals surface area contributed by atoms with E-state index in [1.54, 1.807) is 18.2 Å². The zero-order valence-corrected chi connectivity index (χ0v) is 17.1. The van der Waals surface area contributed by atoms with E-state index in [2.05, 4.69) is 10.6 Å². The molecule has 4 nitrogen and oxygen atoms in total. The van der Waals surface area contributed by atoms with E-state index in [1.165, 1.54) is 11.8 Å². The minimum Gasteiger partial charge on any atom is -0.326 e. The number of benzene rings is 2. The lowest BCUT2D eigenvalue weighted by Crippen LogP contribution is -2.24. The Morgan fingerprint density at radius 1 is 1.07 bits per heavy atom.